The van der Waals surface area contributed by atoms with Crippen LogP contribution in [0.1, 0.15) is 41.7 Å². The van der Waals surface area contributed by atoms with E-state index < -0.39 is 17.7 Å². The number of amides is 1. The standard InChI is InChI=1S/C24H23F4N3O2/c1-33-18-8-5-14(6-9-18)23(32)30-17-4-2-3-16(12-17)29-21-13-22(24(26,27)28)31-20-10-7-15(25)11-19(20)21/h5-11,13,16-17H,2-4,12H2,1H3,(H,29,31)(H,30,32)/t16-,17-/m0/s1. The van der Waals surface area contributed by atoms with E-state index in [0.29, 0.717) is 17.7 Å². The SMILES string of the molecule is COc1ccc(C(=O)N[C@H]2CCC[C@H](Nc3cc(C(F)(F)F)nc4ccc(F)cc34)C2)cc1. The molecule has 1 aliphatic carbocycles. The van der Waals surface area contributed by atoms with E-state index in [4.69, 9.17) is 4.74 Å². The number of rotatable bonds is 5. The highest BCUT2D eigenvalue weighted by atomic mass is 19.4. The van der Waals surface area contributed by atoms with Gasteiger partial charge in [0.2, 0.25) is 0 Å². The van der Waals surface area contributed by atoms with Gasteiger partial charge in [-0.2, -0.15) is 13.2 Å². The van der Waals surface area contributed by atoms with E-state index in [9.17, 15) is 22.4 Å². The lowest BCUT2D eigenvalue weighted by Crippen LogP contribution is -2.41. The minimum Gasteiger partial charge on any atom is -0.497 e. The summed E-state index contributed by atoms with van der Waals surface area (Å²) in [5.41, 5.74) is -0.298. The zero-order chi connectivity index (χ0) is 23.6. The van der Waals surface area contributed by atoms with Crippen LogP contribution in [0.3, 0.4) is 0 Å². The Labute approximate surface area is 188 Å². The smallest absolute Gasteiger partial charge is 0.433 e. The molecule has 1 amide bonds. The van der Waals surface area contributed by atoms with Crippen LogP contribution in [-0.2, 0) is 6.18 Å². The van der Waals surface area contributed by atoms with Crippen molar-refractivity contribution in [2.45, 2.75) is 43.9 Å². The van der Waals surface area contributed by atoms with Crippen molar-refractivity contribution in [1.29, 1.82) is 0 Å². The molecule has 1 saturated carbocycles. The Hall–Kier alpha value is -3.36. The number of ether oxygens (including phenoxy) is 1. The van der Waals surface area contributed by atoms with E-state index in [1.54, 1.807) is 31.4 Å². The number of carbonyl (C=O) groups is 1. The van der Waals surface area contributed by atoms with Gasteiger partial charge in [-0.3, -0.25) is 4.79 Å². The molecule has 2 N–H and O–H groups in total. The first-order valence-corrected chi connectivity index (χ1v) is 10.6. The van der Waals surface area contributed by atoms with Gasteiger partial charge in [-0.15, -0.1) is 0 Å². The van der Waals surface area contributed by atoms with Crippen LogP contribution in [0.4, 0.5) is 23.2 Å². The van der Waals surface area contributed by atoms with Gasteiger partial charge in [-0.25, -0.2) is 9.37 Å². The molecule has 1 fully saturated rings. The van der Waals surface area contributed by atoms with Crippen molar-refractivity contribution in [3.63, 3.8) is 0 Å². The lowest BCUT2D eigenvalue weighted by molar-refractivity contribution is -0.140. The van der Waals surface area contributed by atoms with Gasteiger partial charge in [0.1, 0.15) is 17.3 Å². The zero-order valence-electron chi connectivity index (χ0n) is 17.9. The fourth-order valence-electron chi connectivity index (χ4n) is 4.15. The summed E-state index contributed by atoms with van der Waals surface area (Å²) < 4.78 is 59.0. The van der Waals surface area contributed by atoms with Gasteiger partial charge in [-0.1, -0.05) is 0 Å². The lowest BCUT2D eigenvalue weighted by Gasteiger charge is -2.31. The second kappa shape index (κ2) is 9.25. The number of pyridine rings is 1. The first kappa shape index (κ1) is 22.8. The van der Waals surface area contributed by atoms with Crippen molar-refractivity contribution >= 4 is 22.5 Å². The molecule has 0 unspecified atom stereocenters. The predicted molar refractivity (Wildman–Crippen MR) is 117 cm³/mol. The van der Waals surface area contributed by atoms with E-state index in [1.165, 1.54) is 12.1 Å². The van der Waals surface area contributed by atoms with E-state index in [2.05, 4.69) is 15.6 Å². The van der Waals surface area contributed by atoms with Crippen LogP contribution >= 0.6 is 0 Å². The summed E-state index contributed by atoms with van der Waals surface area (Å²) in [5.74, 6) is -0.132. The highest BCUT2D eigenvalue weighted by Crippen LogP contribution is 2.34. The Morgan fingerprint density at radius 3 is 2.48 bits per heavy atom. The number of nitrogens with one attached hydrogen (secondary N) is 2. The summed E-state index contributed by atoms with van der Waals surface area (Å²) in [7, 11) is 1.54. The lowest BCUT2D eigenvalue weighted by atomic mass is 9.90. The molecular weight excluding hydrogens is 438 g/mol. The molecule has 9 heteroatoms. The van der Waals surface area contributed by atoms with Crippen molar-refractivity contribution in [3.8, 4) is 5.75 Å². The number of nitrogens with zero attached hydrogens (tertiary/aromatic N) is 1. The highest BCUT2D eigenvalue weighted by Gasteiger charge is 2.34. The van der Waals surface area contributed by atoms with Gasteiger partial charge in [0, 0.05) is 28.7 Å². The Balaban J connectivity index is 1.51. The monoisotopic (exact) mass is 461 g/mol. The second-order valence-electron chi connectivity index (χ2n) is 8.12. The minimum absolute atomic E-state index is 0.0638. The first-order chi connectivity index (χ1) is 15.7. The van der Waals surface area contributed by atoms with Crippen LogP contribution in [0, 0.1) is 5.82 Å². The quantitative estimate of drug-likeness (QED) is 0.489. The molecular formula is C24H23F4N3O2. The average molecular weight is 461 g/mol. The third-order valence-corrected chi connectivity index (χ3v) is 5.78. The van der Waals surface area contributed by atoms with E-state index in [1.807, 2.05) is 0 Å². The highest BCUT2D eigenvalue weighted by molar-refractivity contribution is 5.94. The van der Waals surface area contributed by atoms with Gasteiger partial charge in [0.05, 0.1) is 12.6 Å². The fourth-order valence-corrected chi connectivity index (χ4v) is 4.15. The summed E-state index contributed by atoms with van der Waals surface area (Å²) >= 11 is 0. The van der Waals surface area contributed by atoms with Crippen LogP contribution < -0.4 is 15.4 Å². The molecule has 0 saturated heterocycles. The van der Waals surface area contributed by atoms with Crippen LogP contribution in [0.15, 0.2) is 48.5 Å². The second-order valence-corrected chi connectivity index (χ2v) is 8.12. The molecule has 0 aliphatic heterocycles. The third-order valence-electron chi connectivity index (χ3n) is 5.78. The molecule has 0 spiro atoms. The number of fused-ring (bicyclic) bond motifs is 1. The molecule has 4 rings (SSSR count). The maximum atomic E-state index is 13.8. The Morgan fingerprint density at radius 2 is 1.79 bits per heavy atom. The summed E-state index contributed by atoms with van der Waals surface area (Å²) in [5, 5.41) is 6.43. The Bertz CT molecular complexity index is 1150. The maximum absolute atomic E-state index is 13.8. The molecule has 33 heavy (non-hydrogen) atoms. The summed E-state index contributed by atoms with van der Waals surface area (Å²) in [6.45, 7) is 0. The number of aromatic nitrogens is 1. The van der Waals surface area contributed by atoms with Crippen molar-refractivity contribution in [2.75, 3.05) is 12.4 Å². The fraction of sp³-hybridized carbons (Fsp3) is 0.333. The average Bonchev–Trinajstić information content (AvgIpc) is 2.79. The normalized spacial score (nSPS) is 18.7. The van der Waals surface area contributed by atoms with Crippen LogP contribution in [0.2, 0.25) is 0 Å². The number of methoxy groups -OCH3 is 1. The molecule has 2 atom stereocenters. The molecule has 3 aromatic rings. The van der Waals surface area contributed by atoms with Crippen LogP contribution in [-0.4, -0.2) is 30.1 Å². The Kier molecular flexibility index (Phi) is 6.40. The van der Waals surface area contributed by atoms with E-state index in [-0.39, 0.29) is 34.6 Å². The largest absolute Gasteiger partial charge is 0.497 e. The summed E-state index contributed by atoms with van der Waals surface area (Å²) in [6, 6.07) is 10.8. The third kappa shape index (κ3) is 5.35. The van der Waals surface area contributed by atoms with Crippen molar-refractivity contribution in [1.82, 2.24) is 10.3 Å². The molecule has 1 aliphatic rings. The molecule has 2 aromatic carbocycles. The van der Waals surface area contributed by atoms with Crippen molar-refractivity contribution in [2.24, 2.45) is 0 Å². The maximum Gasteiger partial charge on any atom is 0.433 e. The van der Waals surface area contributed by atoms with Crippen molar-refractivity contribution < 1.29 is 27.1 Å². The van der Waals surface area contributed by atoms with Crippen molar-refractivity contribution in [3.05, 3.63) is 65.6 Å². The molecule has 0 radical (unpaired) electrons. The number of hydrogen-bond acceptors (Lipinski definition) is 4. The molecule has 1 heterocycles. The van der Waals surface area contributed by atoms with Gasteiger partial charge in [0.15, 0.2) is 0 Å². The number of halogens is 4. The minimum atomic E-state index is -4.62. The number of benzene rings is 2. The summed E-state index contributed by atoms with van der Waals surface area (Å²) in [6.07, 6.45) is -1.83. The molecule has 5 nitrogen and oxygen atoms in total. The van der Waals surface area contributed by atoms with Gasteiger partial charge < -0.3 is 15.4 Å². The van der Waals surface area contributed by atoms with Gasteiger partial charge in [0.25, 0.3) is 5.91 Å². The van der Waals surface area contributed by atoms with Gasteiger partial charge in [-0.05, 0) is 74.2 Å². The van der Waals surface area contributed by atoms with E-state index >= 15 is 0 Å². The summed E-state index contributed by atoms with van der Waals surface area (Å²) in [4.78, 5) is 16.2. The molecule has 1 aromatic heterocycles. The predicted octanol–water partition coefficient (Wildman–Crippen LogP) is 5.55. The zero-order valence-corrected chi connectivity index (χ0v) is 17.9. The topological polar surface area (TPSA) is 63.2 Å². The number of carbonyl (C=O) groups excluding carboxylic acids is 1. The van der Waals surface area contributed by atoms with Crippen LogP contribution in [0.5, 0.6) is 5.75 Å². The molecule has 174 valence electrons. The number of hydrogen-bond donors (Lipinski definition) is 2. The van der Waals surface area contributed by atoms with E-state index in [0.717, 1.165) is 31.4 Å². The Morgan fingerprint density at radius 1 is 1.06 bits per heavy atom. The van der Waals surface area contributed by atoms with Gasteiger partial charge >= 0.3 is 6.18 Å². The number of anilines is 1. The molecule has 0 bridgehead atoms. The number of alkyl halides is 3. The first-order valence-electron chi connectivity index (χ1n) is 10.6. The van der Waals surface area contributed by atoms with Crippen LogP contribution in [0.25, 0.3) is 10.9 Å².